The fourth-order valence-electron chi connectivity index (χ4n) is 7.23. The second-order valence-electron chi connectivity index (χ2n) is 12.3. The molecule has 1 heterocycles. The Kier molecular flexibility index (Phi) is 6.84. The normalized spacial score (nSPS) is 21.2. The molecule has 0 saturated carbocycles. The number of aryl methyl sites for hydroxylation is 6. The molecule has 3 aromatic carbocycles. The van der Waals surface area contributed by atoms with Crippen molar-refractivity contribution in [3.05, 3.63) is 75.8 Å². The maximum absolute atomic E-state index is 10.9. The average molecular weight is 487 g/mol. The number of rotatable bonds is 3. The molecular formula is C33H43OP. The van der Waals surface area contributed by atoms with Crippen molar-refractivity contribution in [2.45, 2.75) is 98.5 Å². The highest BCUT2D eigenvalue weighted by atomic mass is 31.1. The first-order chi connectivity index (χ1) is 16.2. The largest absolute Gasteiger partial charge is 0.393 e. The fourth-order valence-corrected chi connectivity index (χ4v) is 11.7. The SMILES string of the molecule is Cc1cc(C)c(-c2cccc(-c3c(C)cc(C)cc3C)c2P2C(C)(C)CC(O)CC2(C)C)c(C)c1. The third kappa shape index (κ3) is 4.75. The highest BCUT2D eigenvalue weighted by Crippen LogP contribution is 2.67. The van der Waals surface area contributed by atoms with Crippen molar-refractivity contribution in [2.24, 2.45) is 0 Å². The Bertz CT molecular complexity index is 1140. The number of aliphatic hydroxyl groups excluding tert-OH is 1. The van der Waals surface area contributed by atoms with Gasteiger partial charge in [0.2, 0.25) is 0 Å². The minimum Gasteiger partial charge on any atom is -0.393 e. The molecule has 1 aliphatic rings. The number of hydrogen-bond acceptors (Lipinski definition) is 1. The number of aliphatic hydroxyl groups is 1. The van der Waals surface area contributed by atoms with E-state index in [-0.39, 0.29) is 16.4 Å². The molecule has 0 amide bonds. The monoisotopic (exact) mass is 486 g/mol. The van der Waals surface area contributed by atoms with Gasteiger partial charge in [0.25, 0.3) is 0 Å². The van der Waals surface area contributed by atoms with E-state index in [2.05, 4.69) is 112 Å². The molecule has 0 aliphatic carbocycles. The van der Waals surface area contributed by atoms with Crippen LogP contribution in [-0.4, -0.2) is 21.5 Å². The minimum absolute atomic E-state index is 0.0281. The van der Waals surface area contributed by atoms with Crippen LogP contribution in [0, 0.1) is 41.5 Å². The van der Waals surface area contributed by atoms with Crippen LogP contribution in [0.1, 0.15) is 73.9 Å². The van der Waals surface area contributed by atoms with Gasteiger partial charge in [-0.25, -0.2) is 0 Å². The van der Waals surface area contributed by atoms with Crippen LogP contribution in [0.25, 0.3) is 22.3 Å². The molecule has 35 heavy (non-hydrogen) atoms. The van der Waals surface area contributed by atoms with Crippen LogP contribution in [0.5, 0.6) is 0 Å². The Morgan fingerprint density at radius 2 is 1.00 bits per heavy atom. The Morgan fingerprint density at radius 3 is 1.34 bits per heavy atom. The van der Waals surface area contributed by atoms with Crippen LogP contribution in [-0.2, 0) is 0 Å². The highest BCUT2D eigenvalue weighted by molar-refractivity contribution is 7.69. The number of hydrogen-bond donors (Lipinski definition) is 1. The highest BCUT2D eigenvalue weighted by Gasteiger charge is 2.49. The van der Waals surface area contributed by atoms with Crippen LogP contribution in [0.3, 0.4) is 0 Å². The van der Waals surface area contributed by atoms with E-state index in [1.807, 2.05) is 0 Å². The van der Waals surface area contributed by atoms with E-state index in [4.69, 9.17) is 0 Å². The number of benzene rings is 3. The van der Waals surface area contributed by atoms with Gasteiger partial charge in [-0.3, -0.25) is 0 Å². The molecule has 0 radical (unpaired) electrons. The van der Waals surface area contributed by atoms with Crippen molar-refractivity contribution in [1.82, 2.24) is 0 Å². The van der Waals surface area contributed by atoms with E-state index in [1.165, 1.54) is 60.9 Å². The molecule has 0 spiro atoms. The Morgan fingerprint density at radius 1 is 0.657 bits per heavy atom. The van der Waals surface area contributed by atoms with E-state index in [9.17, 15) is 5.11 Å². The summed E-state index contributed by atoms with van der Waals surface area (Å²) in [6, 6.07) is 16.3. The molecule has 3 aromatic rings. The van der Waals surface area contributed by atoms with Gasteiger partial charge in [-0.15, -0.1) is 0 Å². The average Bonchev–Trinajstić information content (AvgIpc) is 2.66. The lowest BCUT2D eigenvalue weighted by atomic mass is 9.89. The Hall–Kier alpha value is -1.95. The summed E-state index contributed by atoms with van der Waals surface area (Å²) in [6.45, 7) is 23.0. The molecule has 0 bridgehead atoms. The van der Waals surface area contributed by atoms with Crippen molar-refractivity contribution >= 4 is 13.2 Å². The maximum Gasteiger partial charge on any atom is 0.0557 e. The van der Waals surface area contributed by atoms with Crippen LogP contribution in [0.4, 0.5) is 0 Å². The molecule has 1 nitrogen and oxygen atoms in total. The molecule has 1 N–H and O–H groups in total. The summed E-state index contributed by atoms with van der Waals surface area (Å²) < 4.78 is 0. The molecule has 2 heteroatoms. The molecule has 0 atom stereocenters. The van der Waals surface area contributed by atoms with Crippen LogP contribution < -0.4 is 5.30 Å². The van der Waals surface area contributed by atoms with Crippen LogP contribution in [0.2, 0.25) is 0 Å². The lowest BCUT2D eigenvalue weighted by Gasteiger charge is -2.52. The topological polar surface area (TPSA) is 20.2 Å². The van der Waals surface area contributed by atoms with Crippen LogP contribution >= 0.6 is 7.92 Å². The van der Waals surface area contributed by atoms with E-state index in [1.54, 1.807) is 0 Å². The molecular weight excluding hydrogens is 443 g/mol. The summed E-state index contributed by atoms with van der Waals surface area (Å²) in [6.07, 6.45) is 1.47. The van der Waals surface area contributed by atoms with Crippen molar-refractivity contribution in [2.75, 3.05) is 0 Å². The molecule has 0 aromatic heterocycles. The molecule has 1 saturated heterocycles. The van der Waals surface area contributed by atoms with Crippen molar-refractivity contribution in [1.29, 1.82) is 0 Å². The minimum atomic E-state index is -0.594. The molecule has 4 rings (SSSR count). The zero-order valence-electron chi connectivity index (χ0n) is 23.4. The first-order valence-corrected chi connectivity index (χ1v) is 14.3. The molecule has 1 aliphatic heterocycles. The summed E-state index contributed by atoms with van der Waals surface area (Å²) in [7, 11) is -0.594. The van der Waals surface area contributed by atoms with E-state index >= 15 is 0 Å². The van der Waals surface area contributed by atoms with Crippen LogP contribution in [0.15, 0.2) is 42.5 Å². The summed E-state index contributed by atoms with van der Waals surface area (Å²) in [5.74, 6) is 0. The molecule has 1 fully saturated rings. The third-order valence-corrected chi connectivity index (χ3v) is 11.5. The molecule has 186 valence electrons. The van der Waals surface area contributed by atoms with Gasteiger partial charge in [0, 0.05) is 0 Å². The fraction of sp³-hybridized carbons (Fsp3) is 0.455. The van der Waals surface area contributed by atoms with E-state index in [0.29, 0.717) is 0 Å². The van der Waals surface area contributed by atoms with Gasteiger partial charge in [0.05, 0.1) is 6.10 Å². The summed E-state index contributed by atoms with van der Waals surface area (Å²) >= 11 is 0. The zero-order chi connectivity index (χ0) is 25.9. The Labute approximate surface area is 214 Å². The van der Waals surface area contributed by atoms with E-state index < -0.39 is 7.92 Å². The lowest BCUT2D eigenvalue weighted by molar-refractivity contribution is 0.125. The second-order valence-corrected chi connectivity index (χ2v) is 15.8. The predicted octanol–water partition coefficient (Wildman–Crippen LogP) is 8.69. The van der Waals surface area contributed by atoms with E-state index in [0.717, 1.165) is 12.8 Å². The maximum atomic E-state index is 10.9. The molecule has 0 unspecified atom stereocenters. The van der Waals surface area contributed by atoms with Crippen molar-refractivity contribution in [3.8, 4) is 22.3 Å². The van der Waals surface area contributed by atoms with Gasteiger partial charge in [-0.05, 0) is 115 Å². The van der Waals surface area contributed by atoms with Gasteiger partial charge in [-0.1, -0.05) is 89.2 Å². The van der Waals surface area contributed by atoms with Crippen molar-refractivity contribution < 1.29 is 5.11 Å². The van der Waals surface area contributed by atoms with Gasteiger partial charge in [0.1, 0.15) is 0 Å². The third-order valence-electron chi connectivity index (χ3n) is 7.83. The Balaban J connectivity index is 2.15. The predicted molar refractivity (Wildman–Crippen MR) is 156 cm³/mol. The zero-order valence-corrected chi connectivity index (χ0v) is 24.3. The first kappa shape index (κ1) is 26.1. The lowest BCUT2D eigenvalue weighted by Crippen LogP contribution is -2.45. The van der Waals surface area contributed by atoms with Gasteiger partial charge < -0.3 is 5.11 Å². The standard InChI is InChI=1S/C33H43OP/c1-20-14-22(3)29(23(4)15-20)27-12-11-13-28(30-24(5)16-21(2)17-25(30)6)31(27)35-32(7,8)18-26(34)19-33(35,9)10/h11-17,26,34H,18-19H2,1-10H3. The van der Waals surface area contributed by atoms with Crippen molar-refractivity contribution in [3.63, 3.8) is 0 Å². The second kappa shape index (κ2) is 9.17. The summed E-state index contributed by atoms with van der Waals surface area (Å²) in [4.78, 5) is 0. The first-order valence-electron chi connectivity index (χ1n) is 13.0. The summed E-state index contributed by atoms with van der Waals surface area (Å²) in [5, 5.41) is 12.4. The smallest absolute Gasteiger partial charge is 0.0557 e. The summed E-state index contributed by atoms with van der Waals surface area (Å²) in [5.41, 5.74) is 13.6. The van der Waals surface area contributed by atoms with Gasteiger partial charge >= 0.3 is 0 Å². The van der Waals surface area contributed by atoms with Gasteiger partial charge in [0.15, 0.2) is 0 Å². The van der Waals surface area contributed by atoms with Gasteiger partial charge in [-0.2, -0.15) is 0 Å². The quantitative estimate of drug-likeness (QED) is 0.367.